The van der Waals surface area contributed by atoms with Crippen molar-refractivity contribution in [1.82, 2.24) is 0 Å². The van der Waals surface area contributed by atoms with Crippen molar-refractivity contribution in [1.29, 1.82) is 0 Å². The van der Waals surface area contributed by atoms with Gasteiger partial charge in [0, 0.05) is 0 Å². The Morgan fingerprint density at radius 3 is 1.18 bits per heavy atom. The third-order valence-corrected chi connectivity index (χ3v) is 4.61. The van der Waals surface area contributed by atoms with Gasteiger partial charge in [0.15, 0.2) is 0 Å². The van der Waals surface area contributed by atoms with Gasteiger partial charge < -0.3 is 10.2 Å². The van der Waals surface area contributed by atoms with E-state index < -0.39 is 0 Å². The van der Waals surface area contributed by atoms with Crippen LogP contribution in [0.5, 0.6) is 0 Å². The standard InChI is InChI=1S/C20H42O2/c1-3-5-12-16-20(22)18-14-11-9-7-8-10-13-17-19(21)15-6-4-2/h19-22H,3-18H2,1-2H3. The molecule has 2 unspecified atom stereocenters. The van der Waals surface area contributed by atoms with E-state index in [0.29, 0.717) is 0 Å². The smallest absolute Gasteiger partial charge is 0.0540 e. The van der Waals surface area contributed by atoms with Gasteiger partial charge >= 0.3 is 0 Å². The van der Waals surface area contributed by atoms with Crippen molar-refractivity contribution in [3.8, 4) is 0 Å². The van der Waals surface area contributed by atoms with E-state index in [0.717, 1.165) is 32.1 Å². The highest BCUT2D eigenvalue weighted by molar-refractivity contribution is 4.58. The number of rotatable bonds is 17. The molecule has 0 bridgehead atoms. The van der Waals surface area contributed by atoms with Crippen LogP contribution in [0, 0.1) is 0 Å². The Bertz CT molecular complexity index is 206. The summed E-state index contributed by atoms with van der Waals surface area (Å²) in [6, 6.07) is 0. The van der Waals surface area contributed by atoms with Crippen LogP contribution in [0.1, 0.15) is 117 Å². The average molecular weight is 315 g/mol. The highest BCUT2D eigenvalue weighted by Crippen LogP contribution is 2.14. The van der Waals surface area contributed by atoms with E-state index in [1.165, 1.54) is 70.6 Å². The van der Waals surface area contributed by atoms with Gasteiger partial charge in [-0.25, -0.2) is 0 Å². The molecule has 134 valence electrons. The molecule has 0 saturated carbocycles. The molecule has 2 nitrogen and oxygen atoms in total. The van der Waals surface area contributed by atoms with Gasteiger partial charge in [0.1, 0.15) is 0 Å². The summed E-state index contributed by atoms with van der Waals surface area (Å²) in [7, 11) is 0. The lowest BCUT2D eigenvalue weighted by Gasteiger charge is -2.10. The molecule has 0 aromatic heterocycles. The van der Waals surface area contributed by atoms with Crippen LogP contribution in [0.2, 0.25) is 0 Å². The second kappa shape index (κ2) is 17.3. The fourth-order valence-corrected chi connectivity index (χ4v) is 3.00. The lowest BCUT2D eigenvalue weighted by Crippen LogP contribution is -2.06. The lowest BCUT2D eigenvalue weighted by molar-refractivity contribution is 0.147. The van der Waals surface area contributed by atoms with Crippen LogP contribution < -0.4 is 0 Å². The van der Waals surface area contributed by atoms with Crippen molar-refractivity contribution in [2.75, 3.05) is 0 Å². The molecule has 0 aliphatic heterocycles. The number of hydrogen-bond acceptors (Lipinski definition) is 2. The van der Waals surface area contributed by atoms with Crippen LogP contribution in [-0.4, -0.2) is 22.4 Å². The van der Waals surface area contributed by atoms with Crippen molar-refractivity contribution in [2.24, 2.45) is 0 Å². The molecule has 22 heavy (non-hydrogen) atoms. The zero-order valence-electron chi connectivity index (χ0n) is 15.4. The molecule has 0 spiro atoms. The molecule has 0 aromatic rings. The highest BCUT2D eigenvalue weighted by Gasteiger charge is 2.04. The third-order valence-electron chi connectivity index (χ3n) is 4.61. The molecule has 0 saturated heterocycles. The summed E-state index contributed by atoms with van der Waals surface area (Å²) in [5, 5.41) is 19.6. The van der Waals surface area contributed by atoms with Gasteiger partial charge in [-0.2, -0.15) is 0 Å². The molecule has 2 N–H and O–H groups in total. The molecule has 0 amide bonds. The van der Waals surface area contributed by atoms with Gasteiger partial charge in [-0.1, -0.05) is 90.9 Å². The molecule has 0 fully saturated rings. The van der Waals surface area contributed by atoms with Crippen molar-refractivity contribution in [2.45, 2.75) is 129 Å². The quantitative estimate of drug-likeness (QED) is 0.324. The van der Waals surface area contributed by atoms with E-state index in [1.54, 1.807) is 0 Å². The van der Waals surface area contributed by atoms with E-state index in [1.807, 2.05) is 0 Å². The van der Waals surface area contributed by atoms with E-state index in [2.05, 4.69) is 13.8 Å². The minimum Gasteiger partial charge on any atom is -0.393 e. The molecule has 2 heteroatoms. The van der Waals surface area contributed by atoms with E-state index in [4.69, 9.17) is 0 Å². The summed E-state index contributed by atoms with van der Waals surface area (Å²) in [6.07, 6.45) is 18.7. The molecule has 0 aliphatic rings. The first kappa shape index (κ1) is 21.9. The molecule has 2 atom stereocenters. The summed E-state index contributed by atoms with van der Waals surface area (Å²) in [5.74, 6) is 0. The van der Waals surface area contributed by atoms with E-state index >= 15 is 0 Å². The summed E-state index contributed by atoms with van der Waals surface area (Å²) in [5.41, 5.74) is 0. The Morgan fingerprint density at radius 1 is 0.455 bits per heavy atom. The fourth-order valence-electron chi connectivity index (χ4n) is 3.00. The van der Waals surface area contributed by atoms with Crippen molar-refractivity contribution >= 4 is 0 Å². The van der Waals surface area contributed by atoms with Gasteiger partial charge in [0.25, 0.3) is 0 Å². The maximum atomic E-state index is 9.84. The molecule has 0 radical (unpaired) electrons. The molecule has 0 aliphatic carbocycles. The topological polar surface area (TPSA) is 40.5 Å². The fraction of sp³-hybridized carbons (Fsp3) is 1.00. The monoisotopic (exact) mass is 314 g/mol. The largest absolute Gasteiger partial charge is 0.393 e. The van der Waals surface area contributed by atoms with E-state index in [-0.39, 0.29) is 12.2 Å². The maximum absolute atomic E-state index is 9.84. The normalized spacial score (nSPS) is 14.2. The Hall–Kier alpha value is -0.0800. The first-order valence-electron chi connectivity index (χ1n) is 10.1. The molecular formula is C20H42O2. The summed E-state index contributed by atoms with van der Waals surface area (Å²) in [4.78, 5) is 0. The molecule has 0 heterocycles. The summed E-state index contributed by atoms with van der Waals surface area (Å²) < 4.78 is 0. The lowest BCUT2D eigenvalue weighted by atomic mass is 10.0. The first-order valence-corrected chi connectivity index (χ1v) is 10.1. The van der Waals surface area contributed by atoms with Crippen LogP contribution in [0.15, 0.2) is 0 Å². The summed E-state index contributed by atoms with van der Waals surface area (Å²) >= 11 is 0. The van der Waals surface area contributed by atoms with Gasteiger partial charge in [-0.3, -0.25) is 0 Å². The van der Waals surface area contributed by atoms with Gasteiger partial charge in [0.05, 0.1) is 12.2 Å². The minimum absolute atomic E-state index is 0.0591. The van der Waals surface area contributed by atoms with Crippen LogP contribution in [-0.2, 0) is 0 Å². The van der Waals surface area contributed by atoms with Crippen LogP contribution in [0.4, 0.5) is 0 Å². The molecule has 0 rings (SSSR count). The average Bonchev–Trinajstić information content (AvgIpc) is 2.51. The second-order valence-electron chi connectivity index (χ2n) is 7.00. The number of aliphatic hydroxyl groups is 2. The Balaban J connectivity index is 3.16. The van der Waals surface area contributed by atoms with Crippen LogP contribution >= 0.6 is 0 Å². The Labute approximate surface area is 139 Å². The SMILES string of the molecule is CCCCCC(O)CCCCCCCCCC(O)CCCC. The van der Waals surface area contributed by atoms with Gasteiger partial charge in [-0.15, -0.1) is 0 Å². The van der Waals surface area contributed by atoms with Crippen LogP contribution in [0.25, 0.3) is 0 Å². The number of hydrogen-bond donors (Lipinski definition) is 2. The maximum Gasteiger partial charge on any atom is 0.0540 e. The number of aliphatic hydroxyl groups excluding tert-OH is 2. The van der Waals surface area contributed by atoms with Gasteiger partial charge in [0.2, 0.25) is 0 Å². The zero-order chi connectivity index (χ0) is 16.5. The predicted octanol–water partition coefficient (Wildman–Crippen LogP) is 5.99. The summed E-state index contributed by atoms with van der Waals surface area (Å²) in [6.45, 7) is 4.38. The first-order chi connectivity index (χ1) is 10.7. The second-order valence-corrected chi connectivity index (χ2v) is 7.00. The minimum atomic E-state index is -0.0610. The van der Waals surface area contributed by atoms with Crippen molar-refractivity contribution < 1.29 is 10.2 Å². The molecule has 0 aromatic carbocycles. The van der Waals surface area contributed by atoms with Crippen LogP contribution in [0.3, 0.4) is 0 Å². The zero-order valence-corrected chi connectivity index (χ0v) is 15.4. The van der Waals surface area contributed by atoms with E-state index in [9.17, 15) is 10.2 Å². The number of unbranched alkanes of at least 4 members (excludes halogenated alkanes) is 9. The predicted molar refractivity (Wildman–Crippen MR) is 97.2 cm³/mol. The van der Waals surface area contributed by atoms with Gasteiger partial charge in [-0.05, 0) is 25.7 Å². The Morgan fingerprint density at radius 2 is 0.773 bits per heavy atom. The molecular weight excluding hydrogens is 272 g/mol. The highest BCUT2D eigenvalue weighted by atomic mass is 16.3. The van der Waals surface area contributed by atoms with Crippen molar-refractivity contribution in [3.63, 3.8) is 0 Å². The Kier molecular flexibility index (Phi) is 17.2. The third kappa shape index (κ3) is 16.3. The van der Waals surface area contributed by atoms with Crippen molar-refractivity contribution in [3.05, 3.63) is 0 Å².